The van der Waals surface area contributed by atoms with Gasteiger partial charge in [-0.2, -0.15) is 0 Å². The third-order valence-corrected chi connectivity index (χ3v) is 7.94. The zero-order chi connectivity index (χ0) is 19.6. The number of hydrogen-bond donors (Lipinski definition) is 1. The fraction of sp³-hybridized carbons (Fsp3) is 0.864. The van der Waals surface area contributed by atoms with E-state index in [-0.39, 0.29) is 17.4 Å². The lowest BCUT2D eigenvalue weighted by molar-refractivity contribution is -0.119. The third kappa shape index (κ3) is 4.58. The fourth-order valence-electron chi connectivity index (χ4n) is 6.25. The Labute approximate surface area is 173 Å². The summed E-state index contributed by atoms with van der Waals surface area (Å²) in [5.74, 6) is 3.83. The fourth-order valence-corrected chi connectivity index (χ4v) is 6.82. The Hall–Kier alpha value is -1.04. The monoisotopic (exact) mass is 405 g/mol. The third-order valence-electron chi connectivity index (χ3n) is 7.12. The first-order chi connectivity index (χ1) is 13.6. The molecule has 0 aromatic carbocycles. The van der Waals surface area contributed by atoms with Crippen LogP contribution in [0, 0.1) is 17.8 Å². The highest BCUT2D eigenvalue weighted by atomic mass is 32.2. The topological polar surface area (TPSA) is 68.0 Å². The molecule has 1 heterocycles. The Morgan fingerprint density at radius 2 is 1.82 bits per heavy atom. The summed E-state index contributed by atoms with van der Waals surface area (Å²) in [5.41, 5.74) is 0.135. The molecule has 1 amide bonds. The number of carbonyl (C=O) groups is 1. The maximum Gasteiger partial charge on any atom is 0.277 e. The second kappa shape index (κ2) is 8.76. The van der Waals surface area contributed by atoms with Crippen molar-refractivity contribution in [1.82, 2.24) is 15.5 Å². The zero-order valence-electron chi connectivity index (χ0n) is 17.4. The highest BCUT2D eigenvalue weighted by molar-refractivity contribution is 7.99. The van der Waals surface area contributed by atoms with E-state index in [1.54, 1.807) is 0 Å². The summed E-state index contributed by atoms with van der Waals surface area (Å²) in [6.45, 7) is 4.31. The van der Waals surface area contributed by atoms with Gasteiger partial charge in [0.25, 0.3) is 5.22 Å². The summed E-state index contributed by atoms with van der Waals surface area (Å²) in [6.07, 6.45) is 13.9. The summed E-state index contributed by atoms with van der Waals surface area (Å²) in [4.78, 5) is 12.2. The van der Waals surface area contributed by atoms with Gasteiger partial charge >= 0.3 is 0 Å². The van der Waals surface area contributed by atoms with Crippen molar-refractivity contribution in [2.24, 2.45) is 17.8 Å². The second-order valence-electron chi connectivity index (χ2n) is 9.68. The number of nitrogens with zero attached hydrogens (tertiary/aromatic N) is 2. The second-order valence-corrected chi connectivity index (χ2v) is 10.6. The molecule has 28 heavy (non-hydrogen) atoms. The zero-order valence-corrected chi connectivity index (χ0v) is 18.2. The van der Waals surface area contributed by atoms with Gasteiger partial charge < -0.3 is 9.73 Å². The summed E-state index contributed by atoms with van der Waals surface area (Å²) < 4.78 is 6.08. The van der Waals surface area contributed by atoms with Crippen molar-refractivity contribution in [3.8, 4) is 0 Å². The summed E-state index contributed by atoms with van der Waals surface area (Å²) in [7, 11) is 0. The van der Waals surface area contributed by atoms with Gasteiger partial charge in [-0.15, -0.1) is 10.2 Å². The molecule has 5 rings (SSSR count). The molecule has 4 saturated carbocycles. The van der Waals surface area contributed by atoms with Crippen LogP contribution in [0.2, 0.25) is 0 Å². The van der Waals surface area contributed by atoms with E-state index in [2.05, 4.69) is 29.4 Å². The predicted octanol–water partition coefficient (Wildman–Crippen LogP) is 5.10. The molecule has 4 aliphatic carbocycles. The van der Waals surface area contributed by atoms with Crippen LogP contribution >= 0.6 is 11.8 Å². The molecular formula is C22H35N3O2S. The van der Waals surface area contributed by atoms with Crippen molar-refractivity contribution in [2.45, 2.75) is 101 Å². The first-order valence-corrected chi connectivity index (χ1v) is 12.3. The Kier molecular flexibility index (Phi) is 6.34. The van der Waals surface area contributed by atoms with Crippen molar-refractivity contribution < 1.29 is 9.21 Å². The van der Waals surface area contributed by atoms with Crippen LogP contribution in [0.25, 0.3) is 0 Å². The van der Waals surface area contributed by atoms with E-state index < -0.39 is 0 Å². The van der Waals surface area contributed by atoms with E-state index in [1.807, 2.05) is 0 Å². The molecule has 0 unspecified atom stereocenters. The van der Waals surface area contributed by atoms with Gasteiger partial charge in [0.15, 0.2) is 0 Å². The molecule has 5 nitrogen and oxygen atoms in total. The van der Waals surface area contributed by atoms with E-state index in [0.717, 1.165) is 30.1 Å². The first kappa shape index (κ1) is 20.2. The van der Waals surface area contributed by atoms with Crippen molar-refractivity contribution in [3.63, 3.8) is 0 Å². The minimum absolute atomic E-state index is 0.0579. The number of thioether (sulfide) groups is 1. The molecule has 4 fully saturated rings. The van der Waals surface area contributed by atoms with E-state index in [9.17, 15) is 4.79 Å². The van der Waals surface area contributed by atoms with E-state index in [0.29, 0.717) is 11.0 Å². The Bertz CT molecular complexity index is 639. The number of nitrogens with one attached hydrogen (secondary N) is 1. The SMILES string of the molecule is CCCCCC[C@@H](C)NC(=O)CSc1nnc(C23CC4CC(CC(C4)C2)C3)o1. The number of aromatic nitrogens is 2. The lowest BCUT2D eigenvalue weighted by Crippen LogP contribution is -2.48. The highest BCUT2D eigenvalue weighted by Crippen LogP contribution is 2.60. The number of rotatable bonds is 10. The Morgan fingerprint density at radius 3 is 2.46 bits per heavy atom. The van der Waals surface area contributed by atoms with Crippen molar-refractivity contribution in [1.29, 1.82) is 0 Å². The number of hydrogen-bond acceptors (Lipinski definition) is 5. The number of carbonyl (C=O) groups excluding carboxylic acids is 1. The normalized spacial score (nSPS) is 31.9. The van der Waals surface area contributed by atoms with Crippen LogP contribution in [0.3, 0.4) is 0 Å². The van der Waals surface area contributed by atoms with Crippen LogP contribution in [-0.4, -0.2) is 27.9 Å². The summed E-state index contributed by atoms with van der Waals surface area (Å²) in [5, 5.41) is 12.3. The van der Waals surface area contributed by atoms with Gasteiger partial charge in [-0.25, -0.2) is 0 Å². The van der Waals surface area contributed by atoms with Gasteiger partial charge in [0.05, 0.1) is 5.75 Å². The molecular weight excluding hydrogens is 370 g/mol. The van der Waals surface area contributed by atoms with Crippen molar-refractivity contribution in [3.05, 3.63) is 5.89 Å². The van der Waals surface area contributed by atoms with Crippen LogP contribution in [0.15, 0.2) is 9.64 Å². The average molecular weight is 406 g/mol. The molecule has 0 spiro atoms. The smallest absolute Gasteiger partial charge is 0.277 e. The molecule has 0 saturated heterocycles. The molecule has 1 aromatic heterocycles. The van der Waals surface area contributed by atoms with Crippen LogP contribution in [0.1, 0.15) is 90.4 Å². The van der Waals surface area contributed by atoms with Gasteiger partial charge in [0.1, 0.15) is 0 Å². The molecule has 156 valence electrons. The van der Waals surface area contributed by atoms with Gasteiger partial charge in [0, 0.05) is 11.5 Å². The Balaban J connectivity index is 1.25. The van der Waals surface area contributed by atoms with Crippen LogP contribution in [0.5, 0.6) is 0 Å². The lowest BCUT2D eigenvalue weighted by Gasteiger charge is -2.55. The van der Waals surface area contributed by atoms with Gasteiger partial charge in [-0.05, 0) is 69.6 Å². The molecule has 1 atom stereocenters. The van der Waals surface area contributed by atoms with Gasteiger partial charge in [-0.1, -0.05) is 44.4 Å². The molecule has 6 heteroatoms. The van der Waals surface area contributed by atoms with E-state index in [1.165, 1.54) is 76.0 Å². The quantitative estimate of drug-likeness (QED) is 0.433. The summed E-state index contributed by atoms with van der Waals surface area (Å²) >= 11 is 1.38. The minimum Gasteiger partial charge on any atom is -0.415 e. The average Bonchev–Trinajstić information content (AvgIpc) is 3.12. The van der Waals surface area contributed by atoms with Crippen LogP contribution in [-0.2, 0) is 10.2 Å². The first-order valence-electron chi connectivity index (χ1n) is 11.3. The predicted molar refractivity (Wildman–Crippen MR) is 111 cm³/mol. The molecule has 1 aromatic rings. The van der Waals surface area contributed by atoms with Crippen molar-refractivity contribution in [2.75, 3.05) is 5.75 Å². The summed E-state index contributed by atoms with van der Waals surface area (Å²) in [6, 6.07) is 0.232. The molecule has 0 radical (unpaired) electrons. The standard InChI is InChI=1S/C22H35N3O2S/c1-3-4-5-6-7-15(2)23-19(26)14-28-21-25-24-20(27-21)22-11-16-8-17(12-22)10-18(9-16)13-22/h15-18H,3-14H2,1-2H3,(H,23,26)/t15-,16?,17?,18?,22?/m1/s1. The molecule has 4 aliphatic rings. The van der Waals surface area contributed by atoms with Gasteiger partial charge in [-0.3, -0.25) is 4.79 Å². The maximum absolute atomic E-state index is 12.2. The van der Waals surface area contributed by atoms with Crippen molar-refractivity contribution >= 4 is 17.7 Å². The van der Waals surface area contributed by atoms with E-state index in [4.69, 9.17) is 4.42 Å². The van der Waals surface area contributed by atoms with Gasteiger partial charge in [0.2, 0.25) is 11.8 Å². The lowest BCUT2D eigenvalue weighted by atomic mass is 9.49. The van der Waals surface area contributed by atoms with Crippen LogP contribution in [0.4, 0.5) is 0 Å². The molecule has 0 aliphatic heterocycles. The number of unbranched alkanes of at least 4 members (excludes halogenated alkanes) is 3. The minimum atomic E-state index is 0.0579. The molecule has 4 bridgehead atoms. The van der Waals surface area contributed by atoms with E-state index >= 15 is 0 Å². The maximum atomic E-state index is 12.2. The molecule has 1 N–H and O–H groups in total. The number of amides is 1. The largest absolute Gasteiger partial charge is 0.415 e. The highest BCUT2D eigenvalue weighted by Gasteiger charge is 2.54. The van der Waals surface area contributed by atoms with Crippen LogP contribution < -0.4 is 5.32 Å². The Morgan fingerprint density at radius 1 is 1.14 bits per heavy atom.